The average Bonchev–Trinajstić information content (AvgIpc) is 2.25. The molecule has 0 saturated heterocycles. The summed E-state index contributed by atoms with van der Waals surface area (Å²) < 4.78 is 11.6. The highest BCUT2D eigenvalue weighted by atomic mass is 31.2. The molecule has 0 aromatic heterocycles. The first-order valence-electron chi connectivity index (χ1n) is 6.08. The normalized spacial score (nSPS) is 17.9. The zero-order valence-electron chi connectivity index (χ0n) is 11.4. The summed E-state index contributed by atoms with van der Waals surface area (Å²) in [6, 6.07) is -2.27. The van der Waals surface area contributed by atoms with Crippen LogP contribution >= 0.6 is 7.60 Å². The Morgan fingerprint density at radius 2 is 1.85 bits per heavy atom. The summed E-state index contributed by atoms with van der Waals surface area (Å²) in [5.41, 5.74) is 11.1. The lowest BCUT2D eigenvalue weighted by atomic mass is 10.0. The Morgan fingerprint density at radius 1 is 1.35 bits per heavy atom. The molecule has 0 heterocycles. The molecule has 1 amide bonds. The molecule has 0 fully saturated rings. The summed E-state index contributed by atoms with van der Waals surface area (Å²) in [5, 5.41) is 8.51. The van der Waals surface area contributed by atoms with Crippen molar-refractivity contribution >= 4 is 19.5 Å². The minimum absolute atomic E-state index is 0.301. The van der Waals surface area contributed by atoms with Gasteiger partial charge in [-0.2, -0.15) is 0 Å². The zero-order valence-corrected chi connectivity index (χ0v) is 12.3. The number of carbonyl (C=O) groups is 2. The second-order valence-electron chi connectivity index (χ2n) is 4.71. The first-order valence-corrected chi connectivity index (χ1v) is 7.69. The number of hydrogen-bond donors (Lipinski definition) is 6. The number of hydrogen-bond acceptors (Lipinski definition) is 5. The minimum Gasteiger partial charge on any atom is -0.481 e. The van der Waals surface area contributed by atoms with Crippen LogP contribution in [0.15, 0.2) is 0 Å². The Kier molecular flexibility index (Phi) is 6.79. The summed E-state index contributed by atoms with van der Waals surface area (Å²) in [6.45, 7) is 3.00. The van der Waals surface area contributed by atoms with Crippen molar-refractivity contribution in [2.75, 3.05) is 0 Å². The number of nitrogens with two attached hydrogens (primary N) is 2. The molecule has 10 heteroatoms. The van der Waals surface area contributed by atoms with Crippen molar-refractivity contribution in [3.8, 4) is 0 Å². The fourth-order valence-electron chi connectivity index (χ4n) is 1.74. The van der Waals surface area contributed by atoms with Crippen molar-refractivity contribution in [3.63, 3.8) is 0 Å². The van der Waals surface area contributed by atoms with Crippen molar-refractivity contribution in [3.05, 3.63) is 0 Å². The number of carboxylic acids is 1. The van der Waals surface area contributed by atoms with E-state index in [9.17, 15) is 23.9 Å². The van der Waals surface area contributed by atoms with Crippen molar-refractivity contribution in [1.82, 2.24) is 5.32 Å². The van der Waals surface area contributed by atoms with Gasteiger partial charge in [0.2, 0.25) is 5.91 Å². The number of nitrogens with one attached hydrogen (secondary N) is 1. The highest BCUT2D eigenvalue weighted by Gasteiger charge is 2.53. The highest BCUT2D eigenvalue weighted by Crippen LogP contribution is 2.52. The van der Waals surface area contributed by atoms with Crippen LogP contribution in [0.1, 0.15) is 33.1 Å². The predicted octanol–water partition coefficient (Wildman–Crippen LogP) is -1.07. The van der Waals surface area contributed by atoms with Crippen LogP contribution in [0.25, 0.3) is 0 Å². The van der Waals surface area contributed by atoms with Gasteiger partial charge in [0.25, 0.3) is 0 Å². The Hall–Kier alpha value is -0.990. The van der Waals surface area contributed by atoms with Crippen LogP contribution in [0.2, 0.25) is 0 Å². The average molecular weight is 311 g/mol. The third-order valence-corrected chi connectivity index (χ3v) is 4.69. The van der Waals surface area contributed by atoms with Gasteiger partial charge in [-0.15, -0.1) is 0 Å². The molecule has 118 valence electrons. The minimum atomic E-state index is -5.02. The quantitative estimate of drug-likeness (QED) is 0.307. The van der Waals surface area contributed by atoms with Crippen molar-refractivity contribution in [2.24, 2.45) is 11.5 Å². The molecule has 3 atom stereocenters. The standard InChI is InChI=1S/C10H22N3O6P/c1-3-4-7(12)9(16)13-10(6(2)11,5-8(14)15)20(17,18)19/h6-7H,3-5,11-12H2,1-2H3,(H,13,16)(H,14,15)(H2,17,18,19)/t6?,7-,10?/m1/s1. The van der Waals surface area contributed by atoms with Gasteiger partial charge in [-0.05, 0) is 13.3 Å². The van der Waals surface area contributed by atoms with Gasteiger partial charge in [0.15, 0.2) is 5.28 Å². The van der Waals surface area contributed by atoms with Gasteiger partial charge in [0, 0.05) is 6.04 Å². The van der Waals surface area contributed by atoms with Gasteiger partial charge in [-0.1, -0.05) is 13.3 Å². The first kappa shape index (κ1) is 19.0. The molecule has 0 rings (SSSR count). The molecular formula is C10H22N3O6P. The van der Waals surface area contributed by atoms with E-state index >= 15 is 0 Å². The third-order valence-electron chi connectivity index (χ3n) is 2.97. The third kappa shape index (κ3) is 4.53. The molecule has 0 radical (unpaired) electrons. The Balaban J connectivity index is 5.47. The van der Waals surface area contributed by atoms with Crippen LogP contribution in [0.5, 0.6) is 0 Å². The van der Waals surface area contributed by atoms with Crippen molar-refractivity contribution in [1.29, 1.82) is 0 Å². The fraction of sp³-hybridized carbons (Fsp3) is 0.800. The maximum atomic E-state index is 11.9. The number of aliphatic carboxylic acids is 1. The van der Waals surface area contributed by atoms with E-state index in [2.05, 4.69) is 5.32 Å². The lowest BCUT2D eigenvalue weighted by molar-refractivity contribution is -0.138. The van der Waals surface area contributed by atoms with Gasteiger partial charge in [-0.3, -0.25) is 14.2 Å². The molecule has 0 aliphatic rings. The van der Waals surface area contributed by atoms with E-state index in [0.717, 1.165) is 0 Å². The van der Waals surface area contributed by atoms with Gasteiger partial charge in [0.1, 0.15) is 0 Å². The molecule has 20 heavy (non-hydrogen) atoms. The van der Waals surface area contributed by atoms with Crippen molar-refractivity contribution < 1.29 is 29.0 Å². The van der Waals surface area contributed by atoms with E-state index in [0.29, 0.717) is 12.8 Å². The van der Waals surface area contributed by atoms with Crippen LogP contribution in [0.3, 0.4) is 0 Å². The topological polar surface area (TPSA) is 176 Å². The van der Waals surface area contributed by atoms with E-state index in [4.69, 9.17) is 16.6 Å². The monoisotopic (exact) mass is 311 g/mol. The second-order valence-corrected chi connectivity index (χ2v) is 6.60. The Labute approximate surface area is 116 Å². The summed E-state index contributed by atoms with van der Waals surface area (Å²) in [4.78, 5) is 41.6. The molecule has 0 saturated carbocycles. The van der Waals surface area contributed by atoms with E-state index in [1.165, 1.54) is 6.92 Å². The summed E-state index contributed by atoms with van der Waals surface area (Å²) in [6.07, 6.45) is -0.108. The van der Waals surface area contributed by atoms with E-state index in [1.807, 2.05) is 0 Å². The second kappa shape index (κ2) is 7.14. The summed E-state index contributed by atoms with van der Waals surface area (Å²) in [5.74, 6) is -2.33. The SMILES string of the molecule is CCC[C@@H](N)C(=O)NC(CC(=O)O)(C(C)N)P(=O)(O)O. The molecular weight excluding hydrogens is 289 g/mol. The summed E-state index contributed by atoms with van der Waals surface area (Å²) >= 11 is 0. The van der Waals surface area contributed by atoms with E-state index < -0.39 is 43.3 Å². The molecule has 0 spiro atoms. The molecule has 0 bridgehead atoms. The lowest BCUT2D eigenvalue weighted by Gasteiger charge is -2.37. The van der Waals surface area contributed by atoms with Crippen LogP contribution in [0.4, 0.5) is 0 Å². The molecule has 8 N–H and O–H groups in total. The molecule has 0 aliphatic carbocycles. The number of amides is 1. The number of carboxylic acid groups (broad SMARTS) is 1. The smallest absolute Gasteiger partial charge is 0.352 e. The number of rotatable bonds is 8. The highest BCUT2D eigenvalue weighted by molar-refractivity contribution is 7.53. The predicted molar refractivity (Wildman–Crippen MR) is 71.7 cm³/mol. The molecule has 0 aromatic rings. The van der Waals surface area contributed by atoms with Gasteiger partial charge >= 0.3 is 13.6 Å². The van der Waals surface area contributed by atoms with Crippen LogP contribution < -0.4 is 16.8 Å². The number of carbonyl (C=O) groups excluding carboxylic acids is 1. The molecule has 0 aromatic carbocycles. The molecule has 2 unspecified atom stereocenters. The molecule has 0 aliphatic heterocycles. The van der Waals surface area contributed by atoms with Gasteiger partial charge < -0.3 is 31.7 Å². The van der Waals surface area contributed by atoms with Crippen molar-refractivity contribution in [2.45, 2.75) is 50.5 Å². The fourth-order valence-corrected chi connectivity index (χ4v) is 2.87. The van der Waals surface area contributed by atoms with E-state index in [1.54, 1.807) is 6.92 Å². The van der Waals surface area contributed by atoms with Crippen LogP contribution in [0, 0.1) is 0 Å². The largest absolute Gasteiger partial charge is 0.481 e. The Bertz CT molecular complexity index is 410. The summed E-state index contributed by atoms with van der Waals surface area (Å²) in [7, 11) is -5.02. The van der Waals surface area contributed by atoms with Crippen LogP contribution in [-0.4, -0.2) is 44.1 Å². The van der Waals surface area contributed by atoms with Crippen LogP contribution in [-0.2, 0) is 14.2 Å². The van der Waals surface area contributed by atoms with E-state index in [-0.39, 0.29) is 0 Å². The zero-order chi connectivity index (χ0) is 16.1. The molecule has 9 nitrogen and oxygen atoms in total. The first-order chi connectivity index (χ1) is 8.98. The lowest BCUT2D eigenvalue weighted by Crippen LogP contribution is -2.62. The Morgan fingerprint density at radius 3 is 2.15 bits per heavy atom. The van der Waals surface area contributed by atoms with Gasteiger partial charge in [0.05, 0.1) is 12.5 Å². The maximum Gasteiger partial charge on any atom is 0.352 e. The maximum absolute atomic E-state index is 11.9. The van der Waals surface area contributed by atoms with Gasteiger partial charge in [-0.25, -0.2) is 0 Å².